The first-order chi connectivity index (χ1) is 10.0. The Labute approximate surface area is 125 Å². The van der Waals surface area contributed by atoms with E-state index in [1.54, 1.807) is 7.11 Å². The van der Waals surface area contributed by atoms with E-state index in [0.29, 0.717) is 17.2 Å². The van der Waals surface area contributed by atoms with Crippen LogP contribution >= 0.6 is 0 Å². The minimum atomic E-state index is 0.600. The molecule has 1 aromatic heterocycles. The molecular formula is C17H22N2O2. The van der Waals surface area contributed by atoms with Gasteiger partial charge in [0.25, 0.3) is 0 Å². The summed E-state index contributed by atoms with van der Waals surface area (Å²) in [5, 5.41) is 4.58. The third-order valence-electron chi connectivity index (χ3n) is 3.46. The first kappa shape index (κ1) is 15.3. The molecule has 0 atom stereocenters. The Morgan fingerprint density at radius 1 is 1.38 bits per heavy atom. The van der Waals surface area contributed by atoms with Crippen molar-refractivity contribution in [2.45, 2.75) is 33.7 Å². The van der Waals surface area contributed by atoms with Crippen molar-refractivity contribution in [2.75, 3.05) is 7.11 Å². The van der Waals surface area contributed by atoms with Gasteiger partial charge in [-0.3, -0.25) is 9.48 Å². The van der Waals surface area contributed by atoms with Gasteiger partial charge in [-0.05, 0) is 31.4 Å². The Kier molecular flexibility index (Phi) is 4.78. The fourth-order valence-electron chi connectivity index (χ4n) is 2.24. The van der Waals surface area contributed by atoms with Gasteiger partial charge in [0.1, 0.15) is 11.4 Å². The van der Waals surface area contributed by atoms with Crippen LogP contribution in [0.15, 0.2) is 24.4 Å². The van der Waals surface area contributed by atoms with Gasteiger partial charge in [0.05, 0.1) is 12.7 Å². The molecule has 0 bridgehead atoms. The normalized spacial score (nSPS) is 10.9. The van der Waals surface area contributed by atoms with Gasteiger partial charge in [-0.25, -0.2) is 0 Å². The number of aldehydes is 1. The lowest BCUT2D eigenvalue weighted by Gasteiger charge is -2.08. The molecule has 1 aromatic carbocycles. The zero-order valence-corrected chi connectivity index (χ0v) is 13.1. The molecule has 0 aliphatic carbocycles. The highest BCUT2D eigenvalue weighted by Crippen LogP contribution is 2.31. The summed E-state index contributed by atoms with van der Waals surface area (Å²) in [6.45, 7) is 7.18. The number of carbonyl (C=O) groups excluding carboxylic acids is 1. The molecule has 4 heteroatoms. The smallest absolute Gasteiger partial charge is 0.153 e. The molecule has 112 valence electrons. The molecule has 2 rings (SSSR count). The summed E-state index contributed by atoms with van der Waals surface area (Å²) in [5.41, 5.74) is 3.26. The van der Waals surface area contributed by atoms with Crippen molar-refractivity contribution < 1.29 is 9.53 Å². The van der Waals surface area contributed by atoms with E-state index in [4.69, 9.17) is 4.74 Å². The van der Waals surface area contributed by atoms with E-state index < -0.39 is 0 Å². The van der Waals surface area contributed by atoms with Crippen molar-refractivity contribution in [3.8, 4) is 17.0 Å². The molecule has 0 spiro atoms. The minimum Gasteiger partial charge on any atom is -0.496 e. The molecule has 1 heterocycles. The third kappa shape index (κ3) is 3.51. The number of methoxy groups -OCH3 is 1. The van der Waals surface area contributed by atoms with E-state index >= 15 is 0 Å². The zero-order chi connectivity index (χ0) is 15.4. The number of nitrogens with zero attached hydrogens (tertiary/aromatic N) is 2. The SMILES string of the molecule is COc1ccc(C)cc1-c1nn(CCC(C)C)cc1C=O. The molecule has 0 aliphatic rings. The molecule has 0 amide bonds. The Morgan fingerprint density at radius 3 is 2.76 bits per heavy atom. The molecule has 0 saturated heterocycles. The molecule has 0 aliphatic heterocycles. The van der Waals surface area contributed by atoms with Gasteiger partial charge in [-0.15, -0.1) is 0 Å². The Hall–Kier alpha value is -2.10. The number of carbonyl (C=O) groups is 1. The maximum absolute atomic E-state index is 11.3. The van der Waals surface area contributed by atoms with Crippen molar-refractivity contribution in [3.05, 3.63) is 35.5 Å². The van der Waals surface area contributed by atoms with Crippen LogP contribution in [0.25, 0.3) is 11.3 Å². The van der Waals surface area contributed by atoms with Gasteiger partial charge in [0.15, 0.2) is 6.29 Å². The van der Waals surface area contributed by atoms with Crippen LogP contribution in [0.1, 0.15) is 36.2 Å². The Balaban J connectivity index is 2.43. The average molecular weight is 286 g/mol. The summed E-state index contributed by atoms with van der Waals surface area (Å²) in [6.07, 6.45) is 3.70. The Bertz CT molecular complexity index is 630. The van der Waals surface area contributed by atoms with Crippen LogP contribution in [0, 0.1) is 12.8 Å². The van der Waals surface area contributed by atoms with E-state index in [0.717, 1.165) is 36.1 Å². The first-order valence-corrected chi connectivity index (χ1v) is 7.22. The molecule has 4 nitrogen and oxygen atoms in total. The van der Waals surface area contributed by atoms with E-state index in [2.05, 4.69) is 18.9 Å². The molecule has 0 unspecified atom stereocenters. The first-order valence-electron chi connectivity index (χ1n) is 7.22. The summed E-state index contributed by atoms with van der Waals surface area (Å²) in [6, 6.07) is 5.89. The van der Waals surface area contributed by atoms with E-state index in [-0.39, 0.29) is 0 Å². The van der Waals surface area contributed by atoms with Crippen LogP contribution in [-0.4, -0.2) is 23.2 Å². The second-order valence-electron chi connectivity index (χ2n) is 5.70. The summed E-state index contributed by atoms with van der Waals surface area (Å²) < 4.78 is 7.24. The van der Waals surface area contributed by atoms with Gasteiger partial charge in [-0.2, -0.15) is 5.10 Å². The molecule has 0 radical (unpaired) electrons. The second-order valence-corrected chi connectivity index (χ2v) is 5.70. The number of aryl methyl sites for hydroxylation is 2. The van der Waals surface area contributed by atoms with Crippen molar-refractivity contribution in [2.24, 2.45) is 5.92 Å². The number of aromatic nitrogens is 2. The van der Waals surface area contributed by atoms with Crippen molar-refractivity contribution in [1.82, 2.24) is 9.78 Å². The number of hydrogen-bond acceptors (Lipinski definition) is 3. The summed E-state index contributed by atoms with van der Waals surface area (Å²) in [4.78, 5) is 11.3. The maximum Gasteiger partial charge on any atom is 0.153 e. The number of rotatable bonds is 6. The number of ether oxygens (including phenoxy) is 1. The summed E-state index contributed by atoms with van der Waals surface area (Å²) >= 11 is 0. The summed E-state index contributed by atoms with van der Waals surface area (Å²) in [7, 11) is 1.63. The zero-order valence-electron chi connectivity index (χ0n) is 13.1. The maximum atomic E-state index is 11.3. The number of hydrogen-bond donors (Lipinski definition) is 0. The Morgan fingerprint density at radius 2 is 2.14 bits per heavy atom. The third-order valence-corrected chi connectivity index (χ3v) is 3.46. The van der Waals surface area contributed by atoms with Crippen LogP contribution in [0.5, 0.6) is 5.75 Å². The molecule has 21 heavy (non-hydrogen) atoms. The van der Waals surface area contributed by atoms with Crippen LogP contribution in [-0.2, 0) is 6.54 Å². The van der Waals surface area contributed by atoms with Gasteiger partial charge in [-0.1, -0.05) is 25.5 Å². The second kappa shape index (κ2) is 6.57. The van der Waals surface area contributed by atoms with Gasteiger partial charge >= 0.3 is 0 Å². The molecule has 0 fully saturated rings. The highest BCUT2D eigenvalue weighted by atomic mass is 16.5. The molecule has 2 aromatic rings. The molecule has 0 N–H and O–H groups in total. The quantitative estimate of drug-likeness (QED) is 0.760. The molecular weight excluding hydrogens is 264 g/mol. The highest BCUT2D eigenvalue weighted by Gasteiger charge is 2.15. The average Bonchev–Trinajstić information content (AvgIpc) is 2.88. The van der Waals surface area contributed by atoms with E-state index in [1.807, 2.05) is 36.0 Å². The van der Waals surface area contributed by atoms with Crippen molar-refractivity contribution in [3.63, 3.8) is 0 Å². The van der Waals surface area contributed by atoms with Crippen molar-refractivity contribution in [1.29, 1.82) is 0 Å². The predicted molar refractivity (Wildman–Crippen MR) is 83.8 cm³/mol. The van der Waals surface area contributed by atoms with Crippen LogP contribution in [0.4, 0.5) is 0 Å². The standard InChI is InChI=1S/C17H22N2O2/c1-12(2)7-8-19-10-14(11-20)17(18-19)15-9-13(3)5-6-16(15)21-4/h5-6,9-12H,7-8H2,1-4H3. The summed E-state index contributed by atoms with van der Waals surface area (Å²) in [5.74, 6) is 1.34. The topological polar surface area (TPSA) is 44.1 Å². The lowest BCUT2D eigenvalue weighted by atomic mass is 10.1. The fourth-order valence-corrected chi connectivity index (χ4v) is 2.24. The van der Waals surface area contributed by atoms with Gasteiger partial charge < -0.3 is 4.74 Å². The minimum absolute atomic E-state index is 0.600. The van der Waals surface area contributed by atoms with Crippen LogP contribution in [0.3, 0.4) is 0 Å². The van der Waals surface area contributed by atoms with E-state index in [9.17, 15) is 4.79 Å². The van der Waals surface area contributed by atoms with Crippen molar-refractivity contribution >= 4 is 6.29 Å². The van der Waals surface area contributed by atoms with Gasteiger partial charge in [0.2, 0.25) is 0 Å². The van der Waals surface area contributed by atoms with Crippen LogP contribution in [0.2, 0.25) is 0 Å². The number of benzene rings is 1. The van der Waals surface area contributed by atoms with E-state index in [1.165, 1.54) is 0 Å². The lowest BCUT2D eigenvalue weighted by Crippen LogP contribution is -2.02. The largest absolute Gasteiger partial charge is 0.496 e. The van der Waals surface area contributed by atoms with Gasteiger partial charge in [0, 0.05) is 18.3 Å². The highest BCUT2D eigenvalue weighted by molar-refractivity contribution is 5.87. The molecule has 0 saturated carbocycles. The fraction of sp³-hybridized carbons (Fsp3) is 0.412. The lowest BCUT2D eigenvalue weighted by molar-refractivity contribution is 0.112. The predicted octanol–water partition coefficient (Wildman–Crippen LogP) is 3.73. The monoisotopic (exact) mass is 286 g/mol. The van der Waals surface area contributed by atoms with Crippen LogP contribution < -0.4 is 4.74 Å².